The van der Waals surface area contributed by atoms with Gasteiger partial charge in [-0.1, -0.05) is 26.0 Å². The molecule has 1 saturated heterocycles. The third-order valence-electron chi connectivity index (χ3n) is 3.08. The zero-order chi connectivity index (χ0) is 10.9. The molecule has 0 bridgehead atoms. The van der Waals surface area contributed by atoms with Gasteiger partial charge in [0.2, 0.25) is 0 Å². The highest BCUT2D eigenvalue weighted by molar-refractivity contribution is 5.85. The van der Waals surface area contributed by atoms with Gasteiger partial charge in [-0.3, -0.25) is 0 Å². The average molecular weight is 242 g/mol. The second kappa shape index (κ2) is 5.07. The molecule has 1 aliphatic heterocycles. The van der Waals surface area contributed by atoms with Crippen molar-refractivity contribution in [2.24, 2.45) is 5.41 Å². The summed E-state index contributed by atoms with van der Waals surface area (Å²) in [7, 11) is 1.71. The number of rotatable bonds is 2. The van der Waals surface area contributed by atoms with Crippen molar-refractivity contribution in [2.75, 3.05) is 13.7 Å². The van der Waals surface area contributed by atoms with Crippen LogP contribution in [0.15, 0.2) is 24.3 Å². The zero-order valence-electron chi connectivity index (χ0n) is 10.1. The predicted molar refractivity (Wildman–Crippen MR) is 69.4 cm³/mol. The maximum absolute atomic E-state index is 5.24. The van der Waals surface area contributed by atoms with E-state index in [1.165, 1.54) is 12.0 Å². The Kier molecular flexibility index (Phi) is 4.22. The first-order valence-corrected chi connectivity index (χ1v) is 5.48. The van der Waals surface area contributed by atoms with Crippen LogP contribution in [0, 0.1) is 5.41 Å². The summed E-state index contributed by atoms with van der Waals surface area (Å²) in [5, 5.41) is 3.56. The smallest absolute Gasteiger partial charge is 0.119 e. The van der Waals surface area contributed by atoms with Gasteiger partial charge in [-0.05, 0) is 29.5 Å². The van der Waals surface area contributed by atoms with Crippen LogP contribution >= 0.6 is 12.4 Å². The highest BCUT2D eigenvalue weighted by Crippen LogP contribution is 2.36. The molecule has 2 rings (SSSR count). The van der Waals surface area contributed by atoms with Crippen LogP contribution in [0.5, 0.6) is 5.75 Å². The maximum atomic E-state index is 5.24. The zero-order valence-corrected chi connectivity index (χ0v) is 10.9. The molecule has 1 heterocycles. The van der Waals surface area contributed by atoms with E-state index in [4.69, 9.17) is 4.74 Å². The van der Waals surface area contributed by atoms with E-state index in [1.54, 1.807) is 7.11 Å². The molecule has 1 N–H and O–H groups in total. The first-order valence-electron chi connectivity index (χ1n) is 5.48. The summed E-state index contributed by atoms with van der Waals surface area (Å²) >= 11 is 0. The Labute approximate surface area is 104 Å². The molecular weight excluding hydrogens is 222 g/mol. The maximum Gasteiger partial charge on any atom is 0.119 e. The molecule has 16 heavy (non-hydrogen) atoms. The molecule has 1 aromatic rings. The van der Waals surface area contributed by atoms with Crippen molar-refractivity contribution in [3.8, 4) is 5.75 Å². The lowest BCUT2D eigenvalue weighted by atomic mass is 9.89. The van der Waals surface area contributed by atoms with Crippen molar-refractivity contribution in [1.29, 1.82) is 0 Å². The van der Waals surface area contributed by atoms with Gasteiger partial charge in [-0.15, -0.1) is 12.4 Å². The van der Waals surface area contributed by atoms with Crippen LogP contribution in [0.1, 0.15) is 31.9 Å². The lowest BCUT2D eigenvalue weighted by Crippen LogP contribution is -2.16. The number of ether oxygens (including phenoxy) is 1. The Morgan fingerprint density at radius 2 is 2.12 bits per heavy atom. The summed E-state index contributed by atoms with van der Waals surface area (Å²) in [5.74, 6) is 0.944. The van der Waals surface area contributed by atoms with E-state index >= 15 is 0 Å². The van der Waals surface area contributed by atoms with Crippen LogP contribution in [0.2, 0.25) is 0 Å². The van der Waals surface area contributed by atoms with Gasteiger partial charge in [-0.2, -0.15) is 0 Å². The fourth-order valence-corrected chi connectivity index (χ4v) is 2.19. The third-order valence-corrected chi connectivity index (χ3v) is 3.08. The standard InChI is InChI=1S/C13H19NO.ClH/c1-13(2)8-12(14-9-13)10-5-4-6-11(7-10)15-3;/h4-7,12,14H,8-9H2,1-3H3;1H. The van der Waals surface area contributed by atoms with Gasteiger partial charge in [0.15, 0.2) is 0 Å². The molecule has 2 nitrogen and oxygen atoms in total. The predicted octanol–water partition coefficient (Wildman–Crippen LogP) is 3.18. The second-order valence-electron chi connectivity index (χ2n) is 5.08. The summed E-state index contributed by atoms with van der Waals surface area (Å²) in [6.45, 7) is 5.70. The van der Waals surface area contributed by atoms with Crippen LogP contribution in [-0.4, -0.2) is 13.7 Å². The van der Waals surface area contributed by atoms with Crippen LogP contribution < -0.4 is 10.1 Å². The summed E-state index contributed by atoms with van der Waals surface area (Å²) in [5.41, 5.74) is 1.74. The van der Waals surface area contributed by atoms with Gasteiger partial charge in [0.05, 0.1) is 7.11 Å². The van der Waals surface area contributed by atoms with E-state index in [9.17, 15) is 0 Å². The Balaban J connectivity index is 0.00000128. The number of hydrogen-bond acceptors (Lipinski definition) is 2. The average Bonchev–Trinajstić information content (AvgIpc) is 2.59. The quantitative estimate of drug-likeness (QED) is 0.859. The van der Waals surface area contributed by atoms with E-state index in [0.717, 1.165) is 12.3 Å². The Morgan fingerprint density at radius 3 is 2.69 bits per heavy atom. The molecule has 1 aromatic carbocycles. The van der Waals surface area contributed by atoms with Crippen molar-refractivity contribution < 1.29 is 4.74 Å². The Hall–Kier alpha value is -0.730. The summed E-state index contributed by atoms with van der Waals surface area (Å²) in [6, 6.07) is 8.82. The van der Waals surface area contributed by atoms with Crippen LogP contribution in [0.3, 0.4) is 0 Å². The highest BCUT2D eigenvalue weighted by Gasteiger charge is 2.31. The van der Waals surface area contributed by atoms with Gasteiger partial charge >= 0.3 is 0 Å². The number of methoxy groups -OCH3 is 1. The molecule has 90 valence electrons. The summed E-state index contributed by atoms with van der Waals surface area (Å²) in [6.07, 6.45) is 1.19. The molecule has 0 spiro atoms. The monoisotopic (exact) mass is 241 g/mol. The summed E-state index contributed by atoms with van der Waals surface area (Å²) < 4.78 is 5.24. The molecular formula is C13H20ClNO. The van der Waals surface area contributed by atoms with Gasteiger partial charge in [0, 0.05) is 12.6 Å². The van der Waals surface area contributed by atoms with E-state index < -0.39 is 0 Å². The van der Waals surface area contributed by atoms with Crippen LogP contribution in [-0.2, 0) is 0 Å². The molecule has 3 heteroatoms. The topological polar surface area (TPSA) is 21.3 Å². The number of halogens is 1. The molecule has 1 unspecified atom stereocenters. The van der Waals surface area contributed by atoms with Crippen LogP contribution in [0.4, 0.5) is 0 Å². The van der Waals surface area contributed by atoms with Crippen molar-refractivity contribution in [3.05, 3.63) is 29.8 Å². The van der Waals surface area contributed by atoms with Crippen molar-refractivity contribution >= 4 is 12.4 Å². The minimum atomic E-state index is 0. The lowest BCUT2D eigenvalue weighted by molar-refractivity contribution is 0.401. The van der Waals surface area contributed by atoms with Gasteiger partial charge in [0.25, 0.3) is 0 Å². The fourth-order valence-electron chi connectivity index (χ4n) is 2.19. The number of nitrogens with one attached hydrogen (secondary N) is 1. The largest absolute Gasteiger partial charge is 0.497 e. The molecule has 1 atom stereocenters. The van der Waals surface area contributed by atoms with E-state index in [1.807, 2.05) is 6.07 Å². The van der Waals surface area contributed by atoms with Gasteiger partial charge in [0.1, 0.15) is 5.75 Å². The molecule has 1 aliphatic rings. The number of benzene rings is 1. The lowest BCUT2D eigenvalue weighted by Gasteiger charge is -2.16. The molecule has 0 saturated carbocycles. The molecule has 0 amide bonds. The van der Waals surface area contributed by atoms with Crippen molar-refractivity contribution in [1.82, 2.24) is 5.32 Å². The first kappa shape index (κ1) is 13.3. The molecule has 0 radical (unpaired) electrons. The highest BCUT2D eigenvalue weighted by atomic mass is 35.5. The normalized spacial score (nSPS) is 22.6. The van der Waals surface area contributed by atoms with Gasteiger partial charge < -0.3 is 10.1 Å². The fraction of sp³-hybridized carbons (Fsp3) is 0.538. The minimum Gasteiger partial charge on any atom is -0.497 e. The Morgan fingerprint density at radius 1 is 1.38 bits per heavy atom. The Bertz CT molecular complexity index is 352. The van der Waals surface area contributed by atoms with E-state index in [-0.39, 0.29) is 12.4 Å². The van der Waals surface area contributed by atoms with Gasteiger partial charge in [-0.25, -0.2) is 0 Å². The molecule has 1 fully saturated rings. The number of hydrogen-bond donors (Lipinski definition) is 1. The van der Waals surface area contributed by atoms with Crippen LogP contribution in [0.25, 0.3) is 0 Å². The minimum absolute atomic E-state index is 0. The first-order chi connectivity index (χ1) is 7.11. The van der Waals surface area contributed by atoms with E-state index in [2.05, 4.69) is 37.4 Å². The van der Waals surface area contributed by atoms with Crippen molar-refractivity contribution in [2.45, 2.75) is 26.3 Å². The SMILES string of the molecule is COc1cccc(C2CC(C)(C)CN2)c1.Cl. The van der Waals surface area contributed by atoms with E-state index in [0.29, 0.717) is 11.5 Å². The third kappa shape index (κ3) is 2.89. The second-order valence-corrected chi connectivity index (χ2v) is 5.08. The van der Waals surface area contributed by atoms with Crippen molar-refractivity contribution in [3.63, 3.8) is 0 Å². The molecule has 0 aliphatic carbocycles. The molecule has 0 aromatic heterocycles. The summed E-state index contributed by atoms with van der Waals surface area (Å²) in [4.78, 5) is 0.